The Kier molecular flexibility index (Phi) is 6.71. The van der Waals surface area contributed by atoms with Crippen molar-refractivity contribution in [3.8, 4) is 5.69 Å². The molecule has 0 spiro atoms. The van der Waals surface area contributed by atoms with Crippen LogP contribution in [0.2, 0.25) is 0 Å². The summed E-state index contributed by atoms with van der Waals surface area (Å²) in [5, 5.41) is 0.296. The van der Waals surface area contributed by atoms with Crippen molar-refractivity contribution < 1.29 is 4.79 Å². The number of thioether (sulfide) groups is 1. The highest BCUT2D eigenvalue weighted by Gasteiger charge is 2.23. The van der Waals surface area contributed by atoms with Gasteiger partial charge in [-0.1, -0.05) is 79.7 Å². The summed E-state index contributed by atoms with van der Waals surface area (Å²) >= 11 is 1.20. The number of hydrogen-bond donors (Lipinski definition) is 1. The number of primary amides is 1. The molecule has 0 fully saturated rings. The molecule has 0 aliphatic carbocycles. The van der Waals surface area contributed by atoms with E-state index in [1.54, 1.807) is 16.7 Å². The molecule has 0 radical (unpaired) electrons. The van der Waals surface area contributed by atoms with Crippen LogP contribution in [0, 0.1) is 0 Å². The Hall–Kier alpha value is -3.38. The van der Waals surface area contributed by atoms with E-state index in [1.165, 1.54) is 17.3 Å². The van der Waals surface area contributed by atoms with Gasteiger partial charge in [-0.05, 0) is 48.2 Å². The Morgan fingerprint density at radius 2 is 1.69 bits per heavy atom. The third kappa shape index (κ3) is 4.60. The van der Waals surface area contributed by atoms with Gasteiger partial charge < -0.3 is 5.73 Å². The molecule has 0 saturated carbocycles. The molecule has 3 aromatic carbocycles. The fourth-order valence-electron chi connectivity index (χ4n) is 3.64. The fraction of sp³-hybridized carbons (Fsp3) is 0.192. The smallest absolute Gasteiger partial charge is 0.266 e. The van der Waals surface area contributed by atoms with E-state index in [1.807, 2.05) is 66.7 Å². The highest BCUT2D eigenvalue weighted by atomic mass is 32.2. The molecule has 1 unspecified atom stereocenters. The number of carbonyl (C=O) groups is 1. The molecule has 0 aliphatic rings. The number of aryl methyl sites for hydroxylation is 1. The van der Waals surface area contributed by atoms with Gasteiger partial charge in [-0.2, -0.15) is 0 Å². The molecule has 0 saturated heterocycles. The number of rotatable bonds is 8. The summed E-state index contributed by atoms with van der Waals surface area (Å²) in [5.41, 5.74) is 8.88. The van der Waals surface area contributed by atoms with Gasteiger partial charge in [0.1, 0.15) is 5.25 Å². The lowest BCUT2D eigenvalue weighted by Gasteiger charge is -2.18. The summed E-state index contributed by atoms with van der Waals surface area (Å²) in [6.45, 7) is 2.17. The van der Waals surface area contributed by atoms with Gasteiger partial charge in [-0.3, -0.25) is 14.2 Å². The molecular formula is C26H25N3O2S. The molecule has 0 aliphatic heterocycles. The van der Waals surface area contributed by atoms with Crippen LogP contribution in [0.25, 0.3) is 16.6 Å². The summed E-state index contributed by atoms with van der Waals surface area (Å²) in [5.74, 6) is -0.481. The Morgan fingerprint density at radius 3 is 2.38 bits per heavy atom. The molecule has 1 amide bonds. The lowest BCUT2D eigenvalue weighted by atomic mass is 10.1. The molecule has 1 aromatic heterocycles. The molecule has 162 valence electrons. The maximum absolute atomic E-state index is 13.5. The number of carbonyl (C=O) groups excluding carboxylic acids is 1. The Balaban J connectivity index is 1.84. The van der Waals surface area contributed by atoms with E-state index in [0.717, 1.165) is 24.8 Å². The standard InChI is InChI=1S/C26H25N3O2S/c1-2-3-9-18-14-16-20(17-15-18)29-25(31)21-12-7-8-13-22(21)28-26(29)32-23(24(27)30)19-10-5-4-6-11-19/h4-8,10-17,23H,2-3,9H2,1H3,(H2,27,30). The molecule has 4 rings (SSSR count). The van der Waals surface area contributed by atoms with Gasteiger partial charge in [-0.15, -0.1) is 0 Å². The molecule has 6 heteroatoms. The van der Waals surface area contributed by atoms with Crippen LogP contribution < -0.4 is 11.3 Å². The minimum atomic E-state index is -0.667. The predicted molar refractivity (Wildman–Crippen MR) is 130 cm³/mol. The van der Waals surface area contributed by atoms with Crippen LogP contribution in [0.1, 0.15) is 36.1 Å². The largest absolute Gasteiger partial charge is 0.368 e. The summed E-state index contributed by atoms with van der Waals surface area (Å²) < 4.78 is 1.58. The second-order valence-electron chi connectivity index (χ2n) is 7.63. The SMILES string of the molecule is CCCCc1ccc(-n2c(SC(C(N)=O)c3ccccc3)nc3ccccc3c2=O)cc1. The molecule has 1 heterocycles. The Labute approximate surface area is 191 Å². The molecule has 1 atom stereocenters. The van der Waals surface area contributed by atoms with E-state index < -0.39 is 11.2 Å². The summed E-state index contributed by atoms with van der Waals surface area (Å²) in [6, 6.07) is 24.5. The Morgan fingerprint density at radius 1 is 1.00 bits per heavy atom. The fourth-order valence-corrected chi connectivity index (χ4v) is 4.70. The first-order valence-electron chi connectivity index (χ1n) is 10.7. The monoisotopic (exact) mass is 443 g/mol. The number of amides is 1. The van der Waals surface area contributed by atoms with Crippen LogP contribution in [0.15, 0.2) is 88.8 Å². The summed E-state index contributed by atoms with van der Waals surface area (Å²) in [7, 11) is 0. The number of para-hydroxylation sites is 1. The highest BCUT2D eigenvalue weighted by Crippen LogP contribution is 2.35. The average molecular weight is 444 g/mol. The second kappa shape index (κ2) is 9.83. The summed E-state index contributed by atoms with van der Waals surface area (Å²) in [4.78, 5) is 30.6. The van der Waals surface area contributed by atoms with Crippen molar-refractivity contribution >= 4 is 28.6 Å². The normalized spacial score (nSPS) is 12.0. The van der Waals surface area contributed by atoms with E-state index in [9.17, 15) is 9.59 Å². The van der Waals surface area contributed by atoms with Crippen LogP contribution in [0.3, 0.4) is 0 Å². The quantitative estimate of drug-likeness (QED) is 0.305. The number of aromatic nitrogens is 2. The molecule has 5 nitrogen and oxygen atoms in total. The number of nitrogens with zero attached hydrogens (tertiary/aromatic N) is 2. The van der Waals surface area contributed by atoms with Crippen molar-refractivity contribution in [3.05, 3.63) is 100 Å². The topological polar surface area (TPSA) is 78.0 Å². The number of fused-ring (bicyclic) bond motifs is 1. The minimum absolute atomic E-state index is 0.171. The van der Waals surface area contributed by atoms with Crippen LogP contribution in [-0.4, -0.2) is 15.5 Å². The van der Waals surface area contributed by atoms with Gasteiger partial charge in [-0.25, -0.2) is 4.98 Å². The van der Waals surface area contributed by atoms with Gasteiger partial charge in [0.25, 0.3) is 5.56 Å². The van der Waals surface area contributed by atoms with Crippen LogP contribution in [0.5, 0.6) is 0 Å². The maximum Gasteiger partial charge on any atom is 0.266 e. The highest BCUT2D eigenvalue weighted by molar-refractivity contribution is 8.00. The minimum Gasteiger partial charge on any atom is -0.368 e. The molecule has 0 bridgehead atoms. The van der Waals surface area contributed by atoms with E-state index >= 15 is 0 Å². The maximum atomic E-state index is 13.5. The average Bonchev–Trinajstić information content (AvgIpc) is 2.82. The Bertz CT molecular complexity index is 1280. The van der Waals surface area contributed by atoms with E-state index in [2.05, 4.69) is 6.92 Å². The van der Waals surface area contributed by atoms with E-state index in [4.69, 9.17) is 10.7 Å². The van der Waals surface area contributed by atoms with Crippen molar-refractivity contribution in [1.29, 1.82) is 0 Å². The van der Waals surface area contributed by atoms with Crippen molar-refractivity contribution in [3.63, 3.8) is 0 Å². The third-order valence-electron chi connectivity index (χ3n) is 5.34. The first kappa shape index (κ1) is 21.8. The zero-order valence-corrected chi connectivity index (χ0v) is 18.7. The van der Waals surface area contributed by atoms with Crippen LogP contribution >= 0.6 is 11.8 Å². The van der Waals surface area contributed by atoms with Crippen molar-refractivity contribution in [2.45, 2.75) is 36.6 Å². The molecule has 32 heavy (non-hydrogen) atoms. The zero-order valence-electron chi connectivity index (χ0n) is 17.9. The third-order valence-corrected chi connectivity index (χ3v) is 6.57. The zero-order chi connectivity index (χ0) is 22.5. The number of benzene rings is 3. The lowest BCUT2D eigenvalue weighted by Crippen LogP contribution is -2.24. The van der Waals surface area contributed by atoms with Gasteiger partial charge in [0.15, 0.2) is 5.16 Å². The molecular weight excluding hydrogens is 418 g/mol. The molecule has 4 aromatic rings. The number of unbranched alkanes of at least 4 members (excludes halogenated alkanes) is 1. The van der Waals surface area contributed by atoms with Crippen molar-refractivity contribution in [1.82, 2.24) is 9.55 Å². The number of nitrogens with two attached hydrogens (primary N) is 1. The van der Waals surface area contributed by atoms with E-state index in [0.29, 0.717) is 21.7 Å². The molecule has 2 N–H and O–H groups in total. The van der Waals surface area contributed by atoms with E-state index in [-0.39, 0.29) is 5.56 Å². The first-order chi connectivity index (χ1) is 15.6. The lowest BCUT2D eigenvalue weighted by molar-refractivity contribution is -0.117. The summed E-state index contributed by atoms with van der Waals surface area (Å²) in [6.07, 6.45) is 3.25. The van der Waals surface area contributed by atoms with Gasteiger partial charge in [0.05, 0.1) is 16.6 Å². The predicted octanol–water partition coefficient (Wildman–Crippen LogP) is 5.05. The van der Waals surface area contributed by atoms with Crippen LogP contribution in [0.4, 0.5) is 0 Å². The van der Waals surface area contributed by atoms with Crippen molar-refractivity contribution in [2.75, 3.05) is 0 Å². The second-order valence-corrected chi connectivity index (χ2v) is 8.71. The van der Waals surface area contributed by atoms with Gasteiger partial charge >= 0.3 is 0 Å². The number of hydrogen-bond acceptors (Lipinski definition) is 4. The first-order valence-corrected chi connectivity index (χ1v) is 11.6. The van der Waals surface area contributed by atoms with Crippen molar-refractivity contribution in [2.24, 2.45) is 5.73 Å². The van der Waals surface area contributed by atoms with Gasteiger partial charge in [0, 0.05) is 0 Å². The van der Waals surface area contributed by atoms with Gasteiger partial charge in [0.2, 0.25) is 5.91 Å². The van der Waals surface area contributed by atoms with Crippen LogP contribution in [-0.2, 0) is 11.2 Å².